The number of ether oxygens (including phenoxy) is 1. The second-order valence-corrected chi connectivity index (χ2v) is 4.40. The Morgan fingerprint density at radius 3 is 2.88 bits per heavy atom. The predicted octanol–water partition coefficient (Wildman–Crippen LogP) is 1.99. The number of esters is 1. The van der Waals surface area contributed by atoms with Gasteiger partial charge in [-0.25, -0.2) is 9.78 Å². The number of unbranched alkanes of at least 4 members (excludes halogenated alkanes) is 2. The standard InChI is InChI=1S/C11H16N2O3S/c1-3-4-5-6-8-7-17-11(12-8)13-9(14)10(15)16-2/h7H,3-6H2,1-2H3,(H,12,13,14). The first kappa shape index (κ1) is 13.6. The maximum atomic E-state index is 11.2. The van der Waals surface area contributed by atoms with Crippen molar-refractivity contribution in [2.75, 3.05) is 12.4 Å². The molecule has 1 heterocycles. The molecule has 1 N–H and O–H groups in total. The average molecular weight is 256 g/mol. The Hall–Kier alpha value is -1.43. The van der Waals surface area contributed by atoms with Crippen LogP contribution in [-0.4, -0.2) is 24.0 Å². The summed E-state index contributed by atoms with van der Waals surface area (Å²) >= 11 is 1.31. The van der Waals surface area contributed by atoms with Crippen LogP contribution >= 0.6 is 11.3 Å². The molecule has 0 aliphatic carbocycles. The molecule has 0 spiro atoms. The molecular formula is C11H16N2O3S. The minimum Gasteiger partial charge on any atom is -0.462 e. The molecule has 0 aromatic carbocycles. The van der Waals surface area contributed by atoms with E-state index in [9.17, 15) is 9.59 Å². The van der Waals surface area contributed by atoms with Gasteiger partial charge in [0.15, 0.2) is 5.13 Å². The Morgan fingerprint density at radius 1 is 1.47 bits per heavy atom. The van der Waals surface area contributed by atoms with Gasteiger partial charge in [-0.3, -0.25) is 10.1 Å². The lowest BCUT2D eigenvalue weighted by atomic mass is 10.2. The van der Waals surface area contributed by atoms with E-state index in [0.29, 0.717) is 5.13 Å². The van der Waals surface area contributed by atoms with E-state index < -0.39 is 11.9 Å². The first-order chi connectivity index (χ1) is 8.17. The van der Waals surface area contributed by atoms with Crippen LogP contribution in [0.4, 0.5) is 5.13 Å². The smallest absolute Gasteiger partial charge is 0.396 e. The third-order valence-electron chi connectivity index (χ3n) is 2.18. The second-order valence-electron chi connectivity index (χ2n) is 3.55. The van der Waals surface area contributed by atoms with E-state index >= 15 is 0 Å². The highest BCUT2D eigenvalue weighted by Crippen LogP contribution is 2.17. The Labute approximate surface area is 104 Å². The Morgan fingerprint density at radius 2 is 2.24 bits per heavy atom. The van der Waals surface area contributed by atoms with Crippen molar-refractivity contribution in [2.45, 2.75) is 32.6 Å². The average Bonchev–Trinajstić information content (AvgIpc) is 2.76. The van der Waals surface area contributed by atoms with Crippen molar-refractivity contribution >= 4 is 28.3 Å². The Balaban J connectivity index is 2.45. The van der Waals surface area contributed by atoms with Gasteiger partial charge in [0.25, 0.3) is 0 Å². The minimum absolute atomic E-state index is 0.437. The van der Waals surface area contributed by atoms with Crippen LogP contribution < -0.4 is 5.32 Å². The number of nitrogens with one attached hydrogen (secondary N) is 1. The van der Waals surface area contributed by atoms with Gasteiger partial charge in [-0.1, -0.05) is 19.8 Å². The number of aromatic nitrogens is 1. The summed E-state index contributed by atoms with van der Waals surface area (Å²) in [5.74, 6) is -1.70. The van der Waals surface area contributed by atoms with Crippen molar-refractivity contribution in [3.05, 3.63) is 11.1 Å². The van der Waals surface area contributed by atoms with Gasteiger partial charge >= 0.3 is 11.9 Å². The van der Waals surface area contributed by atoms with Crippen molar-refractivity contribution in [3.63, 3.8) is 0 Å². The normalized spacial score (nSPS) is 10.0. The number of aryl methyl sites for hydroxylation is 1. The summed E-state index contributed by atoms with van der Waals surface area (Å²) < 4.78 is 4.30. The fraction of sp³-hybridized carbons (Fsp3) is 0.545. The quantitative estimate of drug-likeness (QED) is 0.497. The van der Waals surface area contributed by atoms with Gasteiger partial charge in [-0.05, 0) is 12.8 Å². The van der Waals surface area contributed by atoms with E-state index in [4.69, 9.17) is 0 Å². The highest BCUT2D eigenvalue weighted by Gasteiger charge is 2.15. The van der Waals surface area contributed by atoms with Crippen LogP contribution in [0, 0.1) is 0 Å². The van der Waals surface area contributed by atoms with E-state index in [2.05, 4.69) is 22.0 Å². The summed E-state index contributed by atoms with van der Waals surface area (Å²) in [6, 6.07) is 0. The molecule has 0 unspecified atom stereocenters. The second kappa shape index (κ2) is 7.01. The molecule has 0 aliphatic heterocycles. The third-order valence-corrected chi connectivity index (χ3v) is 2.99. The minimum atomic E-state index is -0.910. The number of thiazole rings is 1. The molecule has 94 valence electrons. The number of hydrogen-bond acceptors (Lipinski definition) is 5. The predicted molar refractivity (Wildman–Crippen MR) is 66.0 cm³/mol. The van der Waals surface area contributed by atoms with Crippen LogP contribution in [0.2, 0.25) is 0 Å². The largest absolute Gasteiger partial charge is 0.462 e. The molecule has 1 rings (SSSR count). The van der Waals surface area contributed by atoms with Crippen molar-refractivity contribution in [1.29, 1.82) is 0 Å². The molecule has 17 heavy (non-hydrogen) atoms. The third kappa shape index (κ3) is 4.52. The van der Waals surface area contributed by atoms with Gasteiger partial charge in [0.2, 0.25) is 0 Å². The zero-order chi connectivity index (χ0) is 12.7. The van der Waals surface area contributed by atoms with Crippen LogP contribution in [0.1, 0.15) is 31.9 Å². The van der Waals surface area contributed by atoms with Crippen LogP contribution in [0.5, 0.6) is 0 Å². The van der Waals surface area contributed by atoms with Gasteiger partial charge in [0.1, 0.15) is 0 Å². The molecule has 6 heteroatoms. The first-order valence-corrected chi connectivity index (χ1v) is 6.39. The van der Waals surface area contributed by atoms with Crippen molar-refractivity contribution in [2.24, 2.45) is 0 Å². The maximum absolute atomic E-state index is 11.2. The van der Waals surface area contributed by atoms with Gasteiger partial charge < -0.3 is 4.74 Å². The molecule has 0 aliphatic rings. The van der Waals surface area contributed by atoms with Gasteiger partial charge in [0.05, 0.1) is 12.8 Å². The molecule has 0 fully saturated rings. The molecular weight excluding hydrogens is 240 g/mol. The van der Waals surface area contributed by atoms with Crippen molar-refractivity contribution in [3.8, 4) is 0 Å². The molecule has 0 radical (unpaired) electrons. The van der Waals surface area contributed by atoms with E-state index in [1.807, 2.05) is 5.38 Å². The molecule has 0 bridgehead atoms. The fourth-order valence-electron chi connectivity index (χ4n) is 1.28. The number of nitrogens with zero attached hydrogens (tertiary/aromatic N) is 1. The lowest BCUT2D eigenvalue weighted by Crippen LogP contribution is -2.23. The molecule has 0 saturated heterocycles. The lowest BCUT2D eigenvalue weighted by Gasteiger charge is -1.98. The number of amides is 1. The van der Waals surface area contributed by atoms with E-state index in [1.54, 1.807) is 0 Å². The molecule has 1 aromatic heterocycles. The van der Waals surface area contributed by atoms with Crippen LogP contribution in [0.25, 0.3) is 0 Å². The maximum Gasteiger partial charge on any atom is 0.396 e. The summed E-state index contributed by atoms with van der Waals surface area (Å²) in [6.45, 7) is 2.14. The van der Waals surface area contributed by atoms with E-state index in [1.165, 1.54) is 24.9 Å². The summed E-state index contributed by atoms with van der Waals surface area (Å²) in [4.78, 5) is 26.3. The number of methoxy groups -OCH3 is 1. The molecule has 0 atom stereocenters. The zero-order valence-electron chi connectivity index (χ0n) is 9.99. The number of anilines is 1. The number of carbonyl (C=O) groups is 2. The van der Waals surface area contributed by atoms with Crippen LogP contribution in [0.15, 0.2) is 5.38 Å². The Bertz CT molecular complexity index is 390. The van der Waals surface area contributed by atoms with Gasteiger partial charge in [0, 0.05) is 5.38 Å². The van der Waals surface area contributed by atoms with Crippen LogP contribution in [-0.2, 0) is 20.7 Å². The van der Waals surface area contributed by atoms with E-state index in [0.717, 1.165) is 25.0 Å². The van der Waals surface area contributed by atoms with Crippen molar-refractivity contribution < 1.29 is 14.3 Å². The zero-order valence-corrected chi connectivity index (χ0v) is 10.8. The summed E-state index contributed by atoms with van der Waals surface area (Å²) in [7, 11) is 1.17. The van der Waals surface area contributed by atoms with E-state index in [-0.39, 0.29) is 0 Å². The van der Waals surface area contributed by atoms with Crippen molar-refractivity contribution in [1.82, 2.24) is 4.98 Å². The molecule has 1 amide bonds. The summed E-state index contributed by atoms with van der Waals surface area (Å²) in [5, 5.41) is 4.73. The highest BCUT2D eigenvalue weighted by atomic mass is 32.1. The molecule has 5 nitrogen and oxygen atoms in total. The van der Waals surface area contributed by atoms with Gasteiger partial charge in [-0.2, -0.15) is 0 Å². The summed E-state index contributed by atoms with van der Waals surface area (Å²) in [5.41, 5.74) is 0.948. The monoisotopic (exact) mass is 256 g/mol. The fourth-order valence-corrected chi connectivity index (χ4v) is 2.02. The lowest BCUT2D eigenvalue weighted by molar-refractivity contribution is -0.150. The highest BCUT2D eigenvalue weighted by molar-refractivity contribution is 7.14. The topological polar surface area (TPSA) is 68.3 Å². The number of hydrogen-bond donors (Lipinski definition) is 1. The Kier molecular flexibility index (Phi) is 5.62. The molecule has 1 aromatic rings. The number of carbonyl (C=O) groups excluding carboxylic acids is 2. The SMILES string of the molecule is CCCCCc1csc(NC(=O)C(=O)OC)n1. The van der Waals surface area contributed by atoms with Gasteiger partial charge in [-0.15, -0.1) is 11.3 Å². The summed E-state index contributed by atoms with van der Waals surface area (Å²) in [6.07, 6.45) is 4.32. The van der Waals surface area contributed by atoms with Crippen LogP contribution in [0.3, 0.4) is 0 Å². The first-order valence-electron chi connectivity index (χ1n) is 5.51. The molecule has 0 saturated carbocycles. The number of rotatable bonds is 5.